The van der Waals surface area contributed by atoms with Gasteiger partial charge in [-0.2, -0.15) is 16.3 Å². The Kier molecular flexibility index (Phi) is 6.22. The number of aromatic nitrogens is 2. The molecular formula is C22H16N4O6S. The average molecular weight is 464 g/mol. The summed E-state index contributed by atoms with van der Waals surface area (Å²) in [6.07, 6.45) is 0. The van der Waals surface area contributed by atoms with E-state index in [1.54, 1.807) is 19.2 Å². The number of hydrogen-bond acceptors (Lipinski definition) is 10. The zero-order chi connectivity index (χ0) is 23.4. The van der Waals surface area contributed by atoms with Gasteiger partial charge in [0.15, 0.2) is 12.4 Å². The van der Waals surface area contributed by atoms with E-state index in [1.165, 1.54) is 41.7 Å². The van der Waals surface area contributed by atoms with E-state index < -0.39 is 16.7 Å². The summed E-state index contributed by atoms with van der Waals surface area (Å²) in [5.41, 5.74) is 0.944. The number of nitrogens with zero attached hydrogens (tertiary/aromatic N) is 3. The number of carbonyl (C=O) groups is 2. The fourth-order valence-corrected chi connectivity index (χ4v) is 3.71. The Morgan fingerprint density at radius 3 is 2.67 bits per heavy atom. The van der Waals surface area contributed by atoms with Crippen LogP contribution in [-0.4, -0.2) is 33.9 Å². The number of thiophene rings is 1. The van der Waals surface area contributed by atoms with Gasteiger partial charge < -0.3 is 14.6 Å². The van der Waals surface area contributed by atoms with E-state index in [0.29, 0.717) is 5.82 Å². The molecule has 0 aliphatic heterocycles. The number of carbonyl (C=O) groups excluding carboxylic acids is 2. The highest BCUT2D eigenvalue weighted by atomic mass is 32.1. The first-order valence-corrected chi connectivity index (χ1v) is 10.5. The van der Waals surface area contributed by atoms with Gasteiger partial charge in [0.1, 0.15) is 5.69 Å². The fourth-order valence-electron chi connectivity index (χ4n) is 3.08. The van der Waals surface area contributed by atoms with E-state index in [2.05, 4.69) is 15.5 Å². The second-order valence-electron chi connectivity index (χ2n) is 6.71. The van der Waals surface area contributed by atoms with Gasteiger partial charge in [0.05, 0.1) is 10.5 Å². The topological polar surface area (TPSA) is 137 Å². The number of nitro benzene ring substituents is 1. The molecule has 10 nitrogen and oxygen atoms in total. The number of ether oxygens (including phenoxy) is 1. The largest absolute Gasteiger partial charge is 0.452 e. The lowest BCUT2D eigenvalue weighted by atomic mass is 9.97. The monoisotopic (exact) mass is 464 g/mol. The molecule has 0 amide bonds. The minimum absolute atomic E-state index is 0.0143. The Hall–Kier alpha value is -4.38. The van der Waals surface area contributed by atoms with Gasteiger partial charge in [-0.05, 0) is 29.6 Å². The molecule has 0 aliphatic carbocycles. The number of rotatable bonds is 8. The maximum Gasteiger partial charge on any atom is 0.339 e. The molecule has 0 unspecified atom stereocenters. The lowest BCUT2D eigenvalue weighted by Gasteiger charge is -2.09. The number of nitro groups is 1. The summed E-state index contributed by atoms with van der Waals surface area (Å²) in [5, 5.41) is 21.6. The normalized spacial score (nSPS) is 10.6. The highest BCUT2D eigenvalue weighted by molar-refractivity contribution is 7.08. The number of hydrogen-bond donors (Lipinski definition) is 1. The molecule has 0 atom stereocenters. The van der Waals surface area contributed by atoms with Crippen molar-refractivity contribution in [3.63, 3.8) is 0 Å². The van der Waals surface area contributed by atoms with Crippen LogP contribution in [-0.2, 0) is 11.3 Å². The lowest BCUT2D eigenvalue weighted by molar-refractivity contribution is -0.384. The van der Waals surface area contributed by atoms with Crippen LogP contribution < -0.4 is 5.32 Å². The second-order valence-corrected chi connectivity index (χ2v) is 7.49. The molecule has 4 rings (SSSR count). The van der Waals surface area contributed by atoms with E-state index in [0.717, 1.165) is 5.56 Å². The van der Waals surface area contributed by atoms with Crippen molar-refractivity contribution in [2.45, 2.75) is 6.61 Å². The first kappa shape index (κ1) is 21.8. The van der Waals surface area contributed by atoms with Crippen LogP contribution >= 0.6 is 11.3 Å². The molecule has 166 valence electrons. The number of anilines is 1. The molecule has 2 aromatic heterocycles. The third-order valence-corrected chi connectivity index (χ3v) is 5.37. The van der Waals surface area contributed by atoms with E-state index in [9.17, 15) is 19.7 Å². The van der Waals surface area contributed by atoms with Gasteiger partial charge in [-0.3, -0.25) is 14.9 Å². The third-order valence-electron chi connectivity index (χ3n) is 4.69. The van der Waals surface area contributed by atoms with Gasteiger partial charge >= 0.3 is 5.97 Å². The van der Waals surface area contributed by atoms with Gasteiger partial charge in [-0.1, -0.05) is 23.4 Å². The molecule has 0 spiro atoms. The van der Waals surface area contributed by atoms with Gasteiger partial charge in [-0.15, -0.1) is 0 Å². The van der Waals surface area contributed by atoms with Crippen LogP contribution in [0.5, 0.6) is 0 Å². The number of esters is 1. The van der Waals surface area contributed by atoms with Crippen molar-refractivity contribution in [3.05, 3.63) is 92.0 Å². The molecule has 0 saturated heterocycles. The summed E-state index contributed by atoms with van der Waals surface area (Å²) in [6, 6.07) is 12.0. The zero-order valence-corrected chi connectivity index (χ0v) is 18.0. The Morgan fingerprint density at radius 2 is 1.97 bits per heavy atom. The standard InChI is InChI=1S/C22H16N4O6S/c1-23-17-7-6-13(10-18(17)26(29)30)20(27)15-4-2-3-5-16(15)22(28)31-11-19-24-21(25-32-19)14-8-9-33-12-14/h2-10,12,23H,11H2,1H3. The van der Waals surface area contributed by atoms with Gasteiger partial charge in [0.2, 0.25) is 5.82 Å². The van der Waals surface area contributed by atoms with Crippen molar-refractivity contribution >= 4 is 34.5 Å². The molecule has 0 saturated carbocycles. The molecule has 0 aliphatic rings. The molecule has 1 N–H and O–H groups in total. The van der Waals surface area contributed by atoms with E-state index in [-0.39, 0.29) is 40.6 Å². The predicted octanol–water partition coefficient (Wildman–Crippen LogP) is 4.34. The Balaban J connectivity index is 1.53. The van der Waals surface area contributed by atoms with Crippen molar-refractivity contribution in [1.29, 1.82) is 0 Å². The second kappa shape index (κ2) is 9.40. The number of nitrogens with one attached hydrogen (secondary N) is 1. The van der Waals surface area contributed by atoms with Crippen molar-refractivity contribution in [2.24, 2.45) is 0 Å². The summed E-state index contributed by atoms with van der Waals surface area (Å²) < 4.78 is 10.4. The van der Waals surface area contributed by atoms with Crippen molar-refractivity contribution in [3.8, 4) is 11.4 Å². The summed E-state index contributed by atoms with van der Waals surface area (Å²) in [4.78, 5) is 40.7. The van der Waals surface area contributed by atoms with Crippen molar-refractivity contribution in [1.82, 2.24) is 10.1 Å². The quantitative estimate of drug-likeness (QED) is 0.175. The van der Waals surface area contributed by atoms with E-state index in [4.69, 9.17) is 9.26 Å². The molecule has 33 heavy (non-hydrogen) atoms. The Bertz CT molecular complexity index is 1330. The SMILES string of the molecule is CNc1ccc(C(=O)c2ccccc2C(=O)OCc2nc(-c3ccsc3)no2)cc1[N+](=O)[O-]. The summed E-state index contributed by atoms with van der Waals surface area (Å²) in [6.45, 7) is -0.277. The van der Waals surface area contributed by atoms with Crippen LogP contribution in [0.3, 0.4) is 0 Å². The summed E-state index contributed by atoms with van der Waals surface area (Å²) >= 11 is 1.49. The molecule has 4 aromatic rings. The van der Waals surface area contributed by atoms with Gasteiger partial charge in [0.25, 0.3) is 11.6 Å². The molecular weight excluding hydrogens is 448 g/mol. The number of benzene rings is 2. The maximum atomic E-state index is 13.1. The van der Waals surface area contributed by atoms with Gasteiger partial charge in [0, 0.05) is 35.2 Å². The summed E-state index contributed by atoms with van der Waals surface area (Å²) in [7, 11) is 1.54. The maximum absolute atomic E-state index is 13.1. The van der Waals surface area contributed by atoms with Crippen LogP contribution in [0.2, 0.25) is 0 Å². The van der Waals surface area contributed by atoms with Crippen LogP contribution in [0, 0.1) is 10.1 Å². The Labute approximate surface area is 191 Å². The molecule has 0 radical (unpaired) electrons. The first-order valence-electron chi connectivity index (χ1n) is 9.60. The smallest absolute Gasteiger partial charge is 0.339 e. The van der Waals surface area contributed by atoms with Crippen LogP contribution in [0.25, 0.3) is 11.4 Å². The van der Waals surface area contributed by atoms with Crippen LogP contribution in [0.4, 0.5) is 11.4 Å². The fraction of sp³-hybridized carbons (Fsp3) is 0.0909. The highest BCUT2D eigenvalue weighted by Crippen LogP contribution is 2.27. The molecule has 0 bridgehead atoms. The summed E-state index contributed by atoms with van der Waals surface area (Å²) in [5.74, 6) is -0.836. The first-order chi connectivity index (χ1) is 16.0. The molecule has 2 heterocycles. The van der Waals surface area contributed by atoms with Gasteiger partial charge in [-0.25, -0.2) is 4.79 Å². The van der Waals surface area contributed by atoms with Crippen molar-refractivity contribution < 1.29 is 23.8 Å². The average Bonchev–Trinajstić information content (AvgIpc) is 3.53. The van der Waals surface area contributed by atoms with E-state index in [1.807, 2.05) is 16.8 Å². The molecule has 11 heteroatoms. The third kappa shape index (κ3) is 4.62. The predicted molar refractivity (Wildman–Crippen MR) is 119 cm³/mol. The highest BCUT2D eigenvalue weighted by Gasteiger charge is 2.23. The zero-order valence-electron chi connectivity index (χ0n) is 17.2. The Morgan fingerprint density at radius 1 is 1.18 bits per heavy atom. The van der Waals surface area contributed by atoms with E-state index >= 15 is 0 Å². The minimum Gasteiger partial charge on any atom is -0.452 e. The van der Waals surface area contributed by atoms with Crippen LogP contribution in [0.1, 0.15) is 32.2 Å². The van der Waals surface area contributed by atoms with Crippen molar-refractivity contribution in [2.75, 3.05) is 12.4 Å². The molecule has 2 aromatic carbocycles. The lowest BCUT2D eigenvalue weighted by Crippen LogP contribution is -2.13. The number of ketones is 1. The minimum atomic E-state index is -0.768. The van der Waals surface area contributed by atoms with Crippen LogP contribution in [0.15, 0.2) is 63.8 Å². The molecule has 0 fully saturated rings.